The summed E-state index contributed by atoms with van der Waals surface area (Å²) in [5, 5.41) is 11.0. The fourth-order valence-electron chi connectivity index (χ4n) is 3.69. The summed E-state index contributed by atoms with van der Waals surface area (Å²) in [7, 11) is 0. The molecule has 168 valence electrons. The number of benzene rings is 2. The van der Waals surface area contributed by atoms with Gasteiger partial charge in [0.2, 0.25) is 0 Å². The van der Waals surface area contributed by atoms with Crippen molar-refractivity contribution in [2.75, 3.05) is 0 Å². The molecule has 1 aliphatic rings. The van der Waals surface area contributed by atoms with Crippen LogP contribution in [0.4, 0.5) is 13.2 Å². The van der Waals surface area contributed by atoms with Gasteiger partial charge in [-0.05, 0) is 42.0 Å². The van der Waals surface area contributed by atoms with Gasteiger partial charge in [-0.15, -0.1) is 0 Å². The van der Waals surface area contributed by atoms with Crippen molar-refractivity contribution in [3.8, 4) is 0 Å². The molecule has 0 bridgehead atoms. The van der Waals surface area contributed by atoms with E-state index in [-0.39, 0.29) is 23.4 Å². The zero-order valence-electron chi connectivity index (χ0n) is 16.9. The molecule has 0 radical (unpaired) electrons. The summed E-state index contributed by atoms with van der Waals surface area (Å²) in [6, 6.07) is 14.9. The number of aliphatic hydroxyl groups excluding tert-OH is 1. The number of nitrogens with zero attached hydrogens (tertiary/aromatic N) is 2. The van der Waals surface area contributed by atoms with Crippen LogP contribution in [-0.2, 0) is 22.3 Å². The van der Waals surface area contributed by atoms with Gasteiger partial charge in [0.15, 0.2) is 0 Å². The summed E-state index contributed by atoms with van der Waals surface area (Å²) >= 11 is 3.30. The Labute approximate surface area is 195 Å². The summed E-state index contributed by atoms with van der Waals surface area (Å²) < 4.78 is 40.2. The van der Waals surface area contributed by atoms with E-state index in [1.165, 1.54) is 18.3 Å². The van der Waals surface area contributed by atoms with Gasteiger partial charge in [-0.25, -0.2) is 0 Å². The molecule has 1 fully saturated rings. The second kappa shape index (κ2) is 8.82. The lowest BCUT2D eigenvalue weighted by molar-refractivity contribution is -0.140. The zero-order chi connectivity index (χ0) is 23.8. The average Bonchev–Trinajstić information content (AvgIpc) is 3.04. The van der Waals surface area contributed by atoms with Gasteiger partial charge >= 0.3 is 6.18 Å². The molecule has 1 N–H and O–H groups in total. The Hall–Kier alpha value is -3.46. The van der Waals surface area contributed by atoms with Gasteiger partial charge in [0.25, 0.3) is 11.7 Å². The Morgan fingerprint density at radius 1 is 1.03 bits per heavy atom. The summed E-state index contributed by atoms with van der Waals surface area (Å²) in [6.07, 6.45) is -3.08. The quantitative estimate of drug-likeness (QED) is 0.283. The fraction of sp³-hybridized carbons (Fsp3) is 0.125. The molecule has 1 atom stereocenters. The van der Waals surface area contributed by atoms with Crippen molar-refractivity contribution >= 4 is 33.4 Å². The first-order valence-corrected chi connectivity index (χ1v) is 10.6. The molecule has 2 aromatic carbocycles. The molecule has 0 aliphatic carbocycles. The van der Waals surface area contributed by atoms with Crippen LogP contribution in [0.2, 0.25) is 0 Å². The minimum absolute atomic E-state index is 0.173. The van der Waals surface area contributed by atoms with Crippen LogP contribution in [-0.4, -0.2) is 26.7 Å². The largest absolute Gasteiger partial charge is 0.507 e. The van der Waals surface area contributed by atoms with Crippen LogP contribution in [0.25, 0.3) is 5.76 Å². The standard InChI is InChI=1S/C24H16BrF3N2O3/c25-17-9-7-15(8-10-17)21(31)19-20(18-6-1-2-11-29-18)30(23(33)22(19)32)13-14-4-3-5-16(12-14)24(26,27)28/h1-12,20,31H,13H2/b21-19+. The fourth-order valence-corrected chi connectivity index (χ4v) is 3.96. The Balaban J connectivity index is 1.82. The van der Waals surface area contributed by atoms with Crippen LogP contribution < -0.4 is 0 Å². The smallest absolute Gasteiger partial charge is 0.416 e. The molecule has 0 spiro atoms. The number of carbonyl (C=O) groups is 2. The number of Topliss-reactive ketones (excluding diaryl/α,β-unsaturated/α-hetero) is 1. The lowest BCUT2D eigenvalue weighted by atomic mass is 9.98. The molecule has 1 aromatic heterocycles. The molecular weight excluding hydrogens is 501 g/mol. The Morgan fingerprint density at radius 2 is 1.76 bits per heavy atom. The highest BCUT2D eigenvalue weighted by Crippen LogP contribution is 2.40. The number of carbonyl (C=O) groups excluding carboxylic acids is 2. The molecule has 2 heterocycles. The third-order valence-corrected chi connectivity index (χ3v) is 5.76. The number of hydrogen-bond donors (Lipinski definition) is 1. The van der Waals surface area contributed by atoms with Gasteiger partial charge in [0.1, 0.15) is 11.8 Å². The number of rotatable bonds is 4. The topological polar surface area (TPSA) is 70.5 Å². The van der Waals surface area contributed by atoms with E-state index in [4.69, 9.17) is 0 Å². The molecule has 33 heavy (non-hydrogen) atoms. The second-order valence-electron chi connectivity index (χ2n) is 7.39. The first-order valence-electron chi connectivity index (χ1n) is 9.78. The third kappa shape index (κ3) is 4.54. The van der Waals surface area contributed by atoms with E-state index in [1.54, 1.807) is 42.5 Å². The number of ketones is 1. The molecule has 1 unspecified atom stereocenters. The summed E-state index contributed by atoms with van der Waals surface area (Å²) in [5.41, 5.74) is -0.219. The third-order valence-electron chi connectivity index (χ3n) is 5.23. The monoisotopic (exact) mass is 516 g/mol. The van der Waals surface area contributed by atoms with E-state index in [9.17, 15) is 27.9 Å². The molecule has 5 nitrogen and oxygen atoms in total. The van der Waals surface area contributed by atoms with Crippen LogP contribution >= 0.6 is 15.9 Å². The first kappa shape index (κ1) is 22.7. The number of likely N-dealkylation sites (tertiary alicyclic amines) is 1. The maximum atomic E-state index is 13.2. The molecule has 1 aliphatic heterocycles. The van der Waals surface area contributed by atoms with E-state index in [1.807, 2.05) is 0 Å². The maximum Gasteiger partial charge on any atom is 0.416 e. The van der Waals surface area contributed by atoms with Crippen molar-refractivity contribution in [1.82, 2.24) is 9.88 Å². The Bertz CT molecular complexity index is 1240. The van der Waals surface area contributed by atoms with E-state index in [0.717, 1.165) is 21.5 Å². The van der Waals surface area contributed by atoms with Crippen molar-refractivity contribution in [3.05, 3.63) is 105 Å². The predicted molar refractivity (Wildman–Crippen MR) is 118 cm³/mol. The van der Waals surface area contributed by atoms with Crippen molar-refractivity contribution < 1.29 is 27.9 Å². The van der Waals surface area contributed by atoms with Gasteiger partial charge in [-0.1, -0.05) is 46.3 Å². The van der Waals surface area contributed by atoms with Crippen LogP contribution in [0.5, 0.6) is 0 Å². The van der Waals surface area contributed by atoms with Crippen molar-refractivity contribution in [2.45, 2.75) is 18.8 Å². The average molecular weight is 517 g/mol. The maximum absolute atomic E-state index is 13.2. The van der Waals surface area contributed by atoms with Gasteiger partial charge in [-0.3, -0.25) is 14.6 Å². The predicted octanol–water partition coefficient (Wildman–Crippen LogP) is 5.48. The number of aliphatic hydroxyl groups is 1. The number of aromatic nitrogens is 1. The van der Waals surface area contributed by atoms with Crippen LogP contribution in [0.3, 0.4) is 0 Å². The van der Waals surface area contributed by atoms with Crippen molar-refractivity contribution in [1.29, 1.82) is 0 Å². The van der Waals surface area contributed by atoms with E-state index < -0.39 is 29.5 Å². The number of amides is 1. The van der Waals surface area contributed by atoms with Gasteiger partial charge in [0, 0.05) is 22.8 Å². The number of pyridine rings is 1. The second-order valence-corrected chi connectivity index (χ2v) is 8.30. The highest BCUT2D eigenvalue weighted by molar-refractivity contribution is 9.10. The summed E-state index contributed by atoms with van der Waals surface area (Å²) in [4.78, 5) is 31.3. The van der Waals surface area contributed by atoms with Crippen molar-refractivity contribution in [3.63, 3.8) is 0 Å². The van der Waals surface area contributed by atoms with E-state index in [2.05, 4.69) is 20.9 Å². The molecule has 4 rings (SSSR count). The van der Waals surface area contributed by atoms with Gasteiger partial charge < -0.3 is 10.0 Å². The Morgan fingerprint density at radius 3 is 2.39 bits per heavy atom. The zero-order valence-corrected chi connectivity index (χ0v) is 18.5. The summed E-state index contributed by atoms with van der Waals surface area (Å²) in [6.45, 7) is -0.271. The van der Waals surface area contributed by atoms with Crippen LogP contribution in [0.1, 0.15) is 28.4 Å². The minimum Gasteiger partial charge on any atom is -0.507 e. The van der Waals surface area contributed by atoms with Gasteiger partial charge in [-0.2, -0.15) is 13.2 Å². The molecule has 1 saturated heterocycles. The van der Waals surface area contributed by atoms with Gasteiger partial charge in [0.05, 0.1) is 16.8 Å². The van der Waals surface area contributed by atoms with E-state index >= 15 is 0 Å². The van der Waals surface area contributed by atoms with E-state index in [0.29, 0.717) is 11.3 Å². The molecule has 9 heteroatoms. The number of hydrogen-bond acceptors (Lipinski definition) is 4. The minimum atomic E-state index is -4.55. The molecule has 1 amide bonds. The highest BCUT2D eigenvalue weighted by Gasteiger charge is 2.46. The normalized spacial score (nSPS) is 18.1. The SMILES string of the molecule is O=C1C(=O)N(Cc2cccc(C(F)(F)F)c2)C(c2ccccn2)/C1=C(\O)c1ccc(Br)cc1. The number of alkyl halides is 3. The first-order chi connectivity index (χ1) is 15.7. The van der Waals surface area contributed by atoms with Crippen LogP contribution in [0, 0.1) is 0 Å². The highest BCUT2D eigenvalue weighted by atomic mass is 79.9. The summed E-state index contributed by atoms with van der Waals surface area (Å²) in [5.74, 6) is -2.25. The van der Waals surface area contributed by atoms with Crippen molar-refractivity contribution in [2.24, 2.45) is 0 Å². The molecule has 0 saturated carbocycles. The molecular formula is C24H16BrF3N2O3. The molecule has 3 aromatic rings. The number of halogens is 4. The Kier molecular flexibility index (Phi) is 6.07. The lowest BCUT2D eigenvalue weighted by Gasteiger charge is -2.25. The lowest BCUT2D eigenvalue weighted by Crippen LogP contribution is -2.29. The van der Waals surface area contributed by atoms with Crippen LogP contribution in [0.15, 0.2) is 83.0 Å².